The number of nitrogens with zero attached hydrogens (tertiary/aromatic N) is 1. The average molecular weight is 177 g/mol. The second kappa shape index (κ2) is 2.72. The standard InChI is InChI=1S/C10H11NO2/c1-2-4-8(5-3-1)11(9-6-12-9)10-7-13-10/h1-5,9-10H,6-7H2. The minimum Gasteiger partial charge on any atom is -0.351 e. The Kier molecular flexibility index (Phi) is 1.54. The molecule has 0 aliphatic carbocycles. The fourth-order valence-electron chi connectivity index (χ4n) is 1.53. The highest BCUT2D eigenvalue weighted by Crippen LogP contribution is 2.31. The Balaban J connectivity index is 1.87. The topological polar surface area (TPSA) is 28.3 Å². The van der Waals surface area contributed by atoms with E-state index in [2.05, 4.69) is 17.0 Å². The number of anilines is 1. The van der Waals surface area contributed by atoms with E-state index in [1.807, 2.05) is 18.2 Å². The minimum atomic E-state index is 0.245. The van der Waals surface area contributed by atoms with Crippen LogP contribution in [0.3, 0.4) is 0 Å². The predicted molar refractivity (Wildman–Crippen MR) is 48.4 cm³/mol. The van der Waals surface area contributed by atoms with E-state index in [-0.39, 0.29) is 12.5 Å². The van der Waals surface area contributed by atoms with Gasteiger partial charge in [-0.3, -0.25) is 0 Å². The van der Waals surface area contributed by atoms with Gasteiger partial charge in [0.15, 0.2) is 12.5 Å². The fourth-order valence-corrected chi connectivity index (χ4v) is 1.53. The third-order valence-corrected chi connectivity index (χ3v) is 2.31. The molecule has 0 spiro atoms. The molecule has 2 aliphatic rings. The van der Waals surface area contributed by atoms with E-state index in [0.29, 0.717) is 0 Å². The van der Waals surface area contributed by atoms with E-state index < -0.39 is 0 Å². The summed E-state index contributed by atoms with van der Waals surface area (Å²) in [6, 6.07) is 10.3. The lowest BCUT2D eigenvalue weighted by Gasteiger charge is -2.19. The van der Waals surface area contributed by atoms with Crippen LogP contribution in [-0.2, 0) is 9.47 Å². The van der Waals surface area contributed by atoms with Crippen molar-refractivity contribution in [1.29, 1.82) is 0 Å². The number of epoxide rings is 2. The van der Waals surface area contributed by atoms with Crippen molar-refractivity contribution in [3.63, 3.8) is 0 Å². The monoisotopic (exact) mass is 177 g/mol. The number of hydrogen-bond acceptors (Lipinski definition) is 3. The Bertz CT molecular complexity index is 281. The molecule has 2 atom stereocenters. The lowest BCUT2D eigenvalue weighted by Crippen LogP contribution is -2.29. The molecule has 2 unspecified atom stereocenters. The highest BCUT2D eigenvalue weighted by atomic mass is 16.6. The summed E-state index contributed by atoms with van der Waals surface area (Å²) in [5.74, 6) is 0. The van der Waals surface area contributed by atoms with Crippen LogP contribution in [0, 0.1) is 0 Å². The van der Waals surface area contributed by atoms with Crippen molar-refractivity contribution in [2.24, 2.45) is 0 Å². The maximum atomic E-state index is 5.27. The van der Waals surface area contributed by atoms with Crippen LogP contribution in [0.5, 0.6) is 0 Å². The van der Waals surface area contributed by atoms with Crippen molar-refractivity contribution >= 4 is 5.69 Å². The molecule has 13 heavy (non-hydrogen) atoms. The zero-order chi connectivity index (χ0) is 8.67. The van der Waals surface area contributed by atoms with Crippen LogP contribution in [-0.4, -0.2) is 25.7 Å². The average Bonchev–Trinajstić information content (AvgIpc) is 3.00. The summed E-state index contributed by atoms with van der Waals surface area (Å²) >= 11 is 0. The van der Waals surface area contributed by atoms with Crippen LogP contribution >= 0.6 is 0 Å². The minimum absolute atomic E-state index is 0.245. The van der Waals surface area contributed by atoms with Gasteiger partial charge in [0.05, 0.1) is 13.2 Å². The molecule has 68 valence electrons. The smallest absolute Gasteiger partial charge is 0.156 e. The summed E-state index contributed by atoms with van der Waals surface area (Å²) in [6.45, 7) is 1.66. The molecule has 3 rings (SSSR count). The van der Waals surface area contributed by atoms with E-state index in [4.69, 9.17) is 9.47 Å². The van der Waals surface area contributed by atoms with Gasteiger partial charge < -0.3 is 14.4 Å². The lowest BCUT2D eigenvalue weighted by atomic mass is 10.3. The predicted octanol–water partition coefficient (Wildman–Crippen LogP) is 1.21. The van der Waals surface area contributed by atoms with Gasteiger partial charge in [0, 0.05) is 5.69 Å². The van der Waals surface area contributed by atoms with E-state index in [9.17, 15) is 0 Å². The molecular weight excluding hydrogens is 166 g/mol. The van der Waals surface area contributed by atoms with Gasteiger partial charge in [-0.15, -0.1) is 0 Å². The highest BCUT2D eigenvalue weighted by Gasteiger charge is 2.41. The van der Waals surface area contributed by atoms with Gasteiger partial charge >= 0.3 is 0 Å². The lowest BCUT2D eigenvalue weighted by molar-refractivity contribution is 0.344. The van der Waals surface area contributed by atoms with Crippen LogP contribution < -0.4 is 4.90 Å². The van der Waals surface area contributed by atoms with Gasteiger partial charge in [-0.2, -0.15) is 0 Å². The normalized spacial score (nSPS) is 29.8. The number of ether oxygens (including phenoxy) is 2. The Morgan fingerprint density at radius 3 is 2.00 bits per heavy atom. The molecule has 2 heterocycles. The fraction of sp³-hybridized carbons (Fsp3) is 0.400. The summed E-state index contributed by atoms with van der Waals surface area (Å²) in [5.41, 5.74) is 1.19. The largest absolute Gasteiger partial charge is 0.351 e. The quantitative estimate of drug-likeness (QED) is 0.649. The Hall–Kier alpha value is -1.06. The maximum Gasteiger partial charge on any atom is 0.156 e. The highest BCUT2D eigenvalue weighted by molar-refractivity contribution is 5.48. The summed E-state index contributed by atoms with van der Waals surface area (Å²) in [7, 11) is 0. The number of hydrogen-bond donors (Lipinski definition) is 0. The van der Waals surface area contributed by atoms with Crippen molar-refractivity contribution in [2.75, 3.05) is 18.1 Å². The molecule has 0 N–H and O–H groups in total. The van der Waals surface area contributed by atoms with Gasteiger partial charge in [-0.25, -0.2) is 0 Å². The Morgan fingerprint density at radius 1 is 1.00 bits per heavy atom. The molecular formula is C10H11NO2. The van der Waals surface area contributed by atoms with Gasteiger partial charge in [0.1, 0.15) is 0 Å². The summed E-state index contributed by atoms with van der Waals surface area (Å²) in [5, 5.41) is 0. The van der Waals surface area contributed by atoms with Crippen molar-refractivity contribution in [2.45, 2.75) is 12.5 Å². The number of rotatable bonds is 3. The van der Waals surface area contributed by atoms with Gasteiger partial charge in [-0.1, -0.05) is 18.2 Å². The molecule has 0 saturated carbocycles. The zero-order valence-corrected chi connectivity index (χ0v) is 7.22. The van der Waals surface area contributed by atoms with Crippen LogP contribution in [0.1, 0.15) is 0 Å². The summed E-state index contributed by atoms with van der Waals surface area (Å²) < 4.78 is 10.5. The first-order chi connectivity index (χ1) is 6.45. The molecule has 2 aliphatic heterocycles. The van der Waals surface area contributed by atoms with Crippen LogP contribution in [0.15, 0.2) is 30.3 Å². The molecule has 0 radical (unpaired) electrons. The maximum absolute atomic E-state index is 5.27. The molecule has 3 heteroatoms. The molecule has 1 aromatic carbocycles. The van der Waals surface area contributed by atoms with Crippen LogP contribution in [0.2, 0.25) is 0 Å². The van der Waals surface area contributed by atoms with E-state index >= 15 is 0 Å². The van der Waals surface area contributed by atoms with Gasteiger partial charge in [0.25, 0.3) is 0 Å². The number of benzene rings is 1. The van der Waals surface area contributed by atoms with E-state index in [1.165, 1.54) is 5.69 Å². The van der Waals surface area contributed by atoms with Gasteiger partial charge in [-0.05, 0) is 12.1 Å². The molecule has 3 nitrogen and oxygen atoms in total. The number of para-hydroxylation sites is 1. The van der Waals surface area contributed by atoms with E-state index in [0.717, 1.165) is 13.2 Å². The molecule has 1 aromatic rings. The second-order valence-electron chi connectivity index (χ2n) is 3.32. The van der Waals surface area contributed by atoms with Crippen LogP contribution in [0.25, 0.3) is 0 Å². The van der Waals surface area contributed by atoms with Crippen molar-refractivity contribution in [1.82, 2.24) is 0 Å². The molecule has 2 saturated heterocycles. The molecule has 0 aromatic heterocycles. The second-order valence-corrected chi connectivity index (χ2v) is 3.32. The first-order valence-corrected chi connectivity index (χ1v) is 4.52. The zero-order valence-electron chi connectivity index (χ0n) is 7.22. The molecule has 0 bridgehead atoms. The van der Waals surface area contributed by atoms with Gasteiger partial charge in [0.2, 0.25) is 0 Å². The third kappa shape index (κ3) is 1.41. The summed E-state index contributed by atoms with van der Waals surface area (Å²) in [4.78, 5) is 2.19. The molecule has 0 amide bonds. The SMILES string of the molecule is c1ccc(N(C2CO2)C2CO2)cc1. The van der Waals surface area contributed by atoms with Crippen molar-refractivity contribution in [3.8, 4) is 0 Å². The first kappa shape index (κ1) is 7.35. The summed E-state index contributed by atoms with van der Waals surface area (Å²) in [6.07, 6.45) is 0.491. The first-order valence-electron chi connectivity index (χ1n) is 4.52. The Labute approximate surface area is 76.9 Å². The molecule has 2 fully saturated rings. The Morgan fingerprint density at radius 2 is 1.54 bits per heavy atom. The van der Waals surface area contributed by atoms with Crippen molar-refractivity contribution < 1.29 is 9.47 Å². The van der Waals surface area contributed by atoms with Crippen LogP contribution in [0.4, 0.5) is 5.69 Å². The van der Waals surface area contributed by atoms with Crippen molar-refractivity contribution in [3.05, 3.63) is 30.3 Å². The third-order valence-electron chi connectivity index (χ3n) is 2.31. The van der Waals surface area contributed by atoms with E-state index in [1.54, 1.807) is 0 Å².